The van der Waals surface area contributed by atoms with Crippen LogP contribution in [0.3, 0.4) is 0 Å². The standard InChI is InChI=1S/C21H20I2N2O2S/c1-12(2)25-20(26)18(11-14-9-16(22)19(27-4)17(23)10-14)28-21(25)24-15-7-5-13(3)6-8-15/h5-12H,1-4H3/b18-11+,24-21?. The summed E-state index contributed by atoms with van der Waals surface area (Å²) >= 11 is 5.93. The third-order valence-electron chi connectivity index (χ3n) is 4.13. The van der Waals surface area contributed by atoms with E-state index in [1.165, 1.54) is 17.3 Å². The second-order valence-electron chi connectivity index (χ2n) is 6.63. The molecule has 1 saturated heterocycles. The molecule has 0 spiro atoms. The minimum atomic E-state index is -0.00769. The number of benzene rings is 2. The van der Waals surface area contributed by atoms with Crippen LogP contribution < -0.4 is 4.74 Å². The van der Waals surface area contributed by atoms with Gasteiger partial charge in [-0.1, -0.05) is 17.7 Å². The molecule has 2 aromatic carbocycles. The predicted octanol–water partition coefficient (Wildman–Crippen LogP) is 6.23. The van der Waals surface area contributed by atoms with Crippen molar-refractivity contribution in [2.75, 3.05) is 7.11 Å². The Morgan fingerprint density at radius 1 is 1.14 bits per heavy atom. The molecule has 1 amide bonds. The van der Waals surface area contributed by atoms with Gasteiger partial charge in [0.05, 0.1) is 24.8 Å². The van der Waals surface area contributed by atoms with Gasteiger partial charge in [0.15, 0.2) is 5.17 Å². The van der Waals surface area contributed by atoms with Crippen LogP contribution in [0.2, 0.25) is 0 Å². The maximum absolute atomic E-state index is 13.0. The summed E-state index contributed by atoms with van der Waals surface area (Å²) in [5, 5.41) is 0.716. The number of ether oxygens (including phenoxy) is 1. The summed E-state index contributed by atoms with van der Waals surface area (Å²) < 4.78 is 7.46. The lowest BCUT2D eigenvalue weighted by molar-refractivity contribution is -0.123. The van der Waals surface area contributed by atoms with Crippen LogP contribution in [0.25, 0.3) is 6.08 Å². The zero-order valence-electron chi connectivity index (χ0n) is 16.0. The number of rotatable bonds is 4. The van der Waals surface area contributed by atoms with Gasteiger partial charge in [0.1, 0.15) is 5.75 Å². The number of amidine groups is 1. The topological polar surface area (TPSA) is 41.9 Å². The van der Waals surface area contributed by atoms with Gasteiger partial charge in [-0.2, -0.15) is 0 Å². The number of amides is 1. The lowest BCUT2D eigenvalue weighted by Gasteiger charge is -2.19. The Morgan fingerprint density at radius 3 is 2.29 bits per heavy atom. The van der Waals surface area contributed by atoms with Crippen molar-refractivity contribution in [2.24, 2.45) is 4.99 Å². The molecule has 146 valence electrons. The van der Waals surface area contributed by atoms with Crippen molar-refractivity contribution in [3.63, 3.8) is 0 Å². The van der Waals surface area contributed by atoms with Gasteiger partial charge in [0, 0.05) is 6.04 Å². The van der Waals surface area contributed by atoms with Gasteiger partial charge >= 0.3 is 0 Å². The fourth-order valence-electron chi connectivity index (χ4n) is 2.76. The number of carbonyl (C=O) groups excluding carboxylic acids is 1. The number of hydrogen-bond acceptors (Lipinski definition) is 4. The fraction of sp³-hybridized carbons (Fsp3) is 0.238. The van der Waals surface area contributed by atoms with Gasteiger partial charge in [-0.25, -0.2) is 4.99 Å². The van der Waals surface area contributed by atoms with Gasteiger partial charge < -0.3 is 4.74 Å². The Labute approximate surface area is 197 Å². The lowest BCUT2D eigenvalue weighted by Crippen LogP contribution is -2.35. The van der Waals surface area contributed by atoms with Crippen LogP contribution in [0.15, 0.2) is 46.3 Å². The van der Waals surface area contributed by atoms with Crippen molar-refractivity contribution in [1.29, 1.82) is 0 Å². The monoisotopic (exact) mass is 618 g/mol. The lowest BCUT2D eigenvalue weighted by atomic mass is 10.2. The maximum atomic E-state index is 13.0. The summed E-state index contributed by atoms with van der Waals surface area (Å²) in [4.78, 5) is 20.2. The van der Waals surface area contributed by atoms with Crippen LogP contribution in [0.4, 0.5) is 5.69 Å². The zero-order chi connectivity index (χ0) is 20.4. The molecule has 1 heterocycles. The minimum absolute atomic E-state index is 0.00769. The Balaban J connectivity index is 1.98. The smallest absolute Gasteiger partial charge is 0.266 e. The molecule has 0 bridgehead atoms. The summed E-state index contributed by atoms with van der Waals surface area (Å²) in [7, 11) is 1.67. The number of thioether (sulfide) groups is 1. The minimum Gasteiger partial charge on any atom is -0.495 e. The Morgan fingerprint density at radius 2 is 1.75 bits per heavy atom. The number of nitrogens with zero attached hydrogens (tertiary/aromatic N) is 2. The molecule has 1 aliphatic heterocycles. The zero-order valence-corrected chi connectivity index (χ0v) is 21.1. The molecule has 0 atom stereocenters. The fourth-order valence-corrected chi connectivity index (χ4v) is 6.14. The van der Waals surface area contributed by atoms with Crippen LogP contribution in [-0.2, 0) is 4.79 Å². The van der Waals surface area contributed by atoms with E-state index in [1.807, 2.05) is 63.2 Å². The van der Waals surface area contributed by atoms with Crippen LogP contribution >= 0.6 is 56.9 Å². The van der Waals surface area contributed by atoms with Crippen molar-refractivity contribution >= 4 is 79.8 Å². The molecule has 3 rings (SSSR count). The average Bonchev–Trinajstić information content (AvgIpc) is 2.92. The van der Waals surface area contributed by atoms with E-state index in [-0.39, 0.29) is 11.9 Å². The Hall–Kier alpha value is -1.07. The third kappa shape index (κ3) is 4.73. The van der Waals surface area contributed by atoms with E-state index >= 15 is 0 Å². The van der Waals surface area contributed by atoms with Crippen LogP contribution in [0, 0.1) is 14.1 Å². The molecule has 1 aliphatic rings. The second kappa shape index (κ2) is 9.17. The highest BCUT2D eigenvalue weighted by Crippen LogP contribution is 2.36. The quantitative estimate of drug-likeness (QED) is 0.302. The molecule has 0 aromatic heterocycles. The van der Waals surface area contributed by atoms with E-state index < -0.39 is 0 Å². The number of halogens is 2. The highest BCUT2D eigenvalue weighted by Gasteiger charge is 2.35. The molecular formula is C21H20I2N2O2S. The molecule has 2 aromatic rings. The van der Waals surface area contributed by atoms with Crippen LogP contribution in [-0.4, -0.2) is 29.1 Å². The van der Waals surface area contributed by atoms with E-state index in [0.29, 0.717) is 10.1 Å². The maximum Gasteiger partial charge on any atom is 0.266 e. The molecule has 0 unspecified atom stereocenters. The van der Waals surface area contributed by atoms with Crippen molar-refractivity contribution in [3.8, 4) is 5.75 Å². The van der Waals surface area contributed by atoms with Gasteiger partial charge in [0.2, 0.25) is 0 Å². The Kier molecular flexibility index (Phi) is 7.08. The molecule has 7 heteroatoms. The first-order chi connectivity index (χ1) is 13.3. The normalized spacial score (nSPS) is 17.2. The van der Waals surface area contributed by atoms with Gasteiger partial charge in [-0.05, 0) is 114 Å². The van der Waals surface area contributed by atoms with Crippen LogP contribution in [0.5, 0.6) is 5.75 Å². The third-order valence-corrected chi connectivity index (χ3v) is 6.72. The van der Waals surface area contributed by atoms with E-state index in [0.717, 1.165) is 24.1 Å². The highest BCUT2D eigenvalue weighted by atomic mass is 127. The van der Waals surface area contributed by atoms with Gasteiger partial charge in [-0.15, -0.1) is 0 Å². The van der Waals surface area contributed by atoms with Crippen molar-refractivity contribution in [3.05, 3.63) is 59.6 Å². The summed E-state index contributed by atoms with van der Waals surface area (Å²) in [5.41, 5.74) is 3.01. The van der Waals surface area contributed by atoms with Crippen molar-refractivity contribution in [1.82, 2.24) is 4.90 Å². The first-order valence-corrected chi connectivity index (χ1v) is 11.7. The van der Waals surface area contributed by atoms with E-state index in [2.05, 4.69) is 45.2 Å². The summed E-state index contributed by atoms with van der Waals surface area (Å²) in [5.74, 6) is 0.853. The molecule has 1 fully saturated rings. The summed E-state index contributed by atoms with van der Waals surface area (Å²) in [6, 6.07) is 12.1. The molecule has 28 heavy (non-hydrogen) atoms. The summed E-state index contributed by atoms with van der Waals surface area (Å²) in [6.45, 7) is 6.06. The van der Waals surface area contributed by atoms with Gasteiger partial charge in [-0.3, -0.25) is 9.69 Å². The number of aryl methyl sites for hydroxylation is 1. The number of carbonyl (C=O) groups is 1. The van der Waals surface area contributed by atoms with Crippen LogP contribution in [0.1, 0.15) is 25.0 Å². The predicted molar refractivity (Wildman–Crippen MR) is 134 cm³/mol. The molecule has 0 N–H and O–H groups in total. The number of hydrogen-bond donors (Lipinski definition) is 0. The molecule has 0 aliphatic carbocycles. The molecule has 0 radical (unpaired) electrons. The van der Waals surface area contributed by atoms with E-state index in [4.69, 9.17) is 9.73 Å². The highest BCUT2D eigenvalue weighted by molar-refractivity contribution is 14.1. The Bertz CT molecular complexity index is 946. The molecule has 0 saturated carbocycles. The van der Waals surface area contributed by atoms with Crippen molar-refractivity contribution in [2.45, 2.75) is 26.8 Å². The van der Waals surface area contributed by atoms with E-state index in [9.17, 15) is 4.79 Å². The molecular weight excluding hydrogens is 598 g/mol. The largest absolute Gasteiger partial charge is 0.495 e. The number of aliphatic imine (C=N–C) groups is 1. The average molecular weight is 618 g/mol. The van der Waals surface area contributed by atoms with Crippen molar-refractivity contribution < 1.29 is 9.53 Å². The number of methoxy groups -OCH3 is 1. The molecule has 4 nitrogen and oxygen atoms in total. The first-order valence-electron chi connectivity index (χ1n) is 8.71. The van der Waals surface area contributed by atoms with Gasteiger partial charge in [0.25, 0.3) is 5.91 Å². The summed E-state index contributed by atoms with van der Waals surface area (Å²) in [6.07, 6.45) is 1.93. The SMILES string of the molecule is COc1c(I)cc(/C=C2/SC(=Nc3ccc(C)cc3)N(C(C)C)C2=O)cc1I. The van der Waals surface area contributed by atoms with E-state index in [1.54, 1.807) is 12.0 Å². The first kappa shape index (κ1) is 21.6. The second-order valence-corrected chi connectivity index (χ2v) is 9.96.